The second-order valence-corrected chi connectivity index (χ2v) is 5.11. The van der Waals surface area contributed by atoms with Crippen LogP contribution in [-0.4, -0.2) is 24.4 Å². The number of sulfonamides is 1. The van der Waals surface area contributed by atoms with Crippen LogP contribution in [0.25, 0.3) is 5.65 Å². The van der Waals surface area contributed by atoms with Crippen LogP contribution in [0, 0.1) is 0 Å². The predicted molar refractivity (Wildman–Crippen MR) is 62.7 cm³/mol. The number of nitrogens with zero attached hydrogens (tertiary/aromatic N) is 2. The van der Waals surface area contributed by atoms with Gasteiger partial charge in [0.15, 0.2) is 10.2 Å². The van der Waals surface area contributed by atoms with Crippen LogP contribution in [0.4, 0.5) is 0 Å². The first-order valence-electron chi connectivity index (χ1n) is 4.76. The minimum Gasteiger partial charge on any atom is -0.492 e. The maximum absolute atomic E-state index is 11.4. The van der Waals surface area contributed by atoms with Gasteiger partial charge in [-0.05, 0) is 19.1 Å². The minimum atomic E-state index is -3.94. The van der Waals surface area contributed by atoms with Gasteiger partial charge in [0, 0.05) is 0 Å². The molecule has 0 amide bonds. The van der Waals surface area contributed by atoms with Crippen molar-refractivity contribution in [2.75, 3.05) is 6.61 Å². The number of rotatable bonds is 3. The van der Waals surface area contributed by atoms with Crippen molar-refractivity contribution < 1.29 is 13.2 Å². The third kappa shape index (κ3) is 2.21. The molecule has 2 aromatic heterocycles. The molecule has 0 aliphatic rings. The first kappa shape index (κ1) is 12.2. The zero-order valence-electron chi connectivity index (χ0n) is 8.92. The molecular formula is C9H10ClN3O3S. The number of fused-ring (bicyclic) bond motifs is 1. The van der Waals surface area contributed by atoms with Gasteiger partial charge >= 0.3 is 0 Å². The lowest BCUT2D eigenvalue weighted by Gasteiger charge is -2.04. The molecule has 0 bridgehead atoms. The highest BCUT2D eigenvalue weighted by molar-refractivity contribution is 7.89. The van der Waals surface area contributed by atoms with Crippen molar-refractivity contribution in [3.8, 4) is 5.75 Å². The van der Waals surface area contributed by atoms with Crippen molar-refractivity contribution in [1.29, 1.82) is 0 Å². The first-order valence-corrected chi connectivity index (χ1v) is 6.69. The van der Waals surface area contributed by atoms with Crippen LogP contribution >= 0.6 is 11.6 Å². The molecule has 0 saturated heterocycles. The summed E-state index contributed by atoms with van der Waals surface area (Å²) in [5.41, 5.74) is 0.391. The van der Waals surface area contributed by atoms with E-state index in [1.165, 1.54) is 10.6 Å². The second-order valence-electron chi connectivity index (χ2n) is 3.28. The Hall–Kier alpha value is -1.31. The highest BCUT2D eigenvalue weighted by atomic mass is 35.5. The molecule has 6 nitrogen and oxygen atoms in total. The standard InChI is InChI=1S/C9H10ClN3O3S/c1-2-16-6-3-4-7-12-8(10)9(13(7)5-6)17(11,14)15/h3-5H,2H2,1H3,(H2,11,14,15). The van der Waals surface area contributed by atoms with Crippen LogP contribution in [0.2, 0.25) is 5.15 Å². The Morgan fingerprint density at radius 2 is 2.24 bits per heavy atom. The van der Waals surface area contributed by atoms with Gasteiger partial charge in [-0.3, -0.25) is 4.40 Å². The number of ether oxygens (including phenoxy) is 1. The molecule has 0 radical (unpaired) electrons. The van der Waals surface area contributed by atoms with Gasteiger partial charge in [-0.1, -0.05) is 11.6 Å². The maximum Gasteiger partial charge on any atom is 0.257 e. The van der Waals surface area contributed by atoms with E-state index >= 15 is 0 Å². The van der Waals surface area contributed by atoms with Crippen molar-refractivity contribution in [3.05, 3.63) is 23.5 Å². The summed E-state index contributed by atoms with van der Waals surface area (Å²) in [5, 5.41) is 4.69. The predicted octanol–water partition coefficient (Wildman–Crippen LogP) is 1.03. The van der Waals surface area contributed by atoms with Gasteiger partial charge in [0.2, 0.25) is 0 Å². The van der Waals surface area contributed by atoms with E-state index in [0.29, 0.717) is 18.0 Å². The topological polar surface area (TPSA) is 86.7 Å². The molecule has 2 heterocycles. The quantitative estimate of drug-likeness (QED) is 0.906. The monoisotopic (exact) mass is 275 g/mol. The number of imidazole rings is 1. The fraction of sp³-hybridized carbons (Fsp3) is 0.222. The molecule has 0 fully saturated rings. The number of halogens is 1. The number of hydrogen-bond donors (Lipinski definition) is 1. The number of nitrogens with two attached hydrogens (primary N) is 1. The van der Waals surface area contributed by atoms with E-state index in [1.807, 2.05) is 6.92 Å². The lowest BCUT2D eigenvalue weighted by Crippen LogP contribution is -2.15. The molecule has 0 atom stereocenters. The van der Waals surface area contributed by atoms with Gasteiger partial charge in [-0.25, -0.2) is 18.5 Å². The smallest absolute Gasteiger partial charge is 0.257 e. The fourth-order valence-electron chi connectivity index (χ4n) is 1.48. The lowest BCUT2D eigenvalue weighted by molar-refractivity contribution is 0.338. The summed E-state index contributed by atoms with van der Waals surface area (Å²) in [4.78, 5) is 3.89. The van der Waals surface area contributed by atoms with Crippen molar-refractivity contribution in [1.82, 2.24) is 9.38 Å². The maximum atomic E-state index is 11.4. The normalized spacial score (nSPS) is 11.9. The van der Waals surface area contributed by atoms with Crippen LogP contribution in [0.15, 0.2) is 23.4 Å². The van der Waals surface area contributed by atoms with E-state index in [2.05, 4.69) is 4.98 Å². The average molecular weight is 276 g/mol. The molecule has 92 valence electrons. The molecule has 8 heteroatoms. The van der Waals surface area contributed by atoms with Gasteiger partial charge in [-0.2, -0.15) is 0 Å². The number of hydrogen-bond acceptors (Lipinski definition) is 4. The van der Waals surface area contributed by atoms with Gasteiger partial charge in [0.25, 0.3) is 10.0 Å². The van der Waals surface area contributed by atoms with Crippen LogP contribution in [0.5, 0.6) is 5.75 Å². The Balaban J connectivity index is 2.74. The first-order chi connectivity index (χ1) is 7.93. The SMILES string of the molecule is CCOc1ccc2nc(Cl)c(S(N)(=O)=O)n2c1. The van der Waals surface area contributed by atoms with Crippen molar-refractivity contribution in [2.45, 2.75) is 11.9 Å². The Labute approximate surface area is 103 Å². The lowest BCUT2D eigenvalue weighted by atomic mass is 10.4. The summed E-state index contributed by atoms with van der Waals surface area (Å²) < 4.78 is 29.3. The van der Waals surface area contributed by atoms with E-state index in [1.54, 1.807) is 12.1 Å². The van der Waals surface area contributed by atoms with E-state index in [-0.39, 0.29) is 10.2 Å². The minimum absolute atomic E-state index is 0.152. The molecule has 2 N–H and O–H groups in total. The van der Waals surface area contributed by atoms with Gasteiger partial charge in [-0.15, -0.1) is 0 Å². The van der Waals surface area contributed by atoms with E-state index < -0.39 is 10.0 Å². The van der Waals surface area contributed by atoms with Crippen LogP contribution in [-0.2, 0) is 10.0 Å². The zero-order valence-corrected chi connectivity index (χ0v) is 10.5. The summed E-state index contributed by atoms with van der Waals surface area (Å²) in [6.45, 7) is 2.30. The third-order valence-electron chi connectivity index (χ3n) is 2.09. The molecule has 0 aliphatic carbocycles. The third-order valence-corrected chi connectivity index (χ3v) is 3.39. The fourth-order valence-corrected chi connectivity index (χ4v) is 2.68. The molecule has 0 unspecified atom stereocenters. The molecule has 0 spiro atoms. The number of pyridine rings is 1. The van der Waals surface area contributed by atoms with E-state index in [0.717, 1.165) is 0 Å². The summed E-state index contributed by atoms with van der Waals surface area (Å²) in [6, 6.07) is 3.28. The second kappa shape index (κ2) is 4.17. The molecule has 2 aromatic rings. The Morgan fingerprint density at radius 1 is 1.53 bits per heavy atom. The zero-order chi connectivity index (χ0) is 12.6. The van der Waals surface area contributed by atoms with Crippen LogP contribution in [0.1, 0.15) is 6.92 Å². The van der Waals surface area contributed by atoms with E-state index in [9.17, 15) is 8.42 Å². The molecule has 0 saturated carbocycles. The summed E-state index contributed by atoms with van der Waals surface area (Å²) in [7, 11) is -3.94. The van der Waals surface area contributed by atoms with Gasteiger partial charge in [0.1, 0.15) is 11.4 Å². The summed E-state index contributed by atoms with van der Waals surface area (Å²) in [6.07, 6.45) is 1.48. The van der Waals surface area contributed by atoms with Crippen LogP contribution in [0.3, 0.4) is 0 Å². The molecule has 2 rings (SSSR count). The largest absolute Gasteiger partial charge is 0.492 e. The number of primary sulfonamides is 1. The van der Waals surface area contributed by atoms with Crippen molar-refractivity contribution >= 4 is 27.3 Å². The van der Waals surface area contributed by atoms with Crippen LogP contribution < -0.4 is 9.88 Å². The Morgan fingerprint density at radius 3 is 2.82 bits per heavy atom. The Kier molecular flexibility index (Phi) is 2.98. The molecule has 0 aliphatic heterocycles. The van der Waals surface area contributed by atoms with E-state index in [4.69, 9.17) is 21.5 Å². The molecule has 17 heavy (non-hydrogen) atoms. The Bertz CT molecular complexity index is 665. The summed E-state index contributed by atoms with van der Waals surface area (Å²) in [5.74, 6) is 0.513. The molecule has 0 aromatic carbocycles. The van der Waals surface area contributed by atoms with Crippen molar-refractivity contribution in [2.24, 2.45) is 5.14 Å². The highest BCUT2D eigenvalue weighted by Crippen LogP contribution is 2.23. The summed E-state index contributed by atoms with van der Waals surface area (Å²) >= 11 is 5.75. The van der Waals surface area contributed by atoms with Gasteiger partial charge in [0.05, 0.1) is 12.8 Å². The highest BCUT2D eigenvalue weighted by Gasteiger charge is 2.20. The number of aromatic nitrogens is 2. The average Bonchev–Trinajstić information content (AvgIpc) is 2.53. The van der Waals surface area contributed by atoms with Crippen molar-refractivity contribution in [3.63, 3.8) is 0 Å². The van der Waals surface area contributed by atoms with Gasteiger partial charge < -0.3 is 4.74 Å². The molecular weight excluding hydrogens is 266 g/mol.